The molecule has 1 aliphatic heterocycles. The lowest BCUT2D eigenvalue weighted by Crippen LogP contribution is -2.38. The molecule has 1 atom stereocenters. The largest absolute Gasteiger partial charge is 0.497 e. The lowest BCUT2D eigenvalue weighted by molar-refractivity contribution is 0.0774. The summed E-state index contributed by atoms with van der Waals surface area (Å²) in [5, 5.41) is 4.07. The molecule has 1 aliphatic rings. The van der Waals surface area contributed by atoms with Crippen molar-refractivity contribution >= 4 is 5.78 Å². The van der Waals surface area contributed by atoms with Crippen molar-refractivity contribution in [1.82, 2.24) is 15.0 Å². The molecule has 0 N–H and O–H groups in total. The molecule has 0 bridgehead atoms. The number of piperidine rings is 1. The van der Waals surface area contributed by atoms with E-state index in [4.69, 9.17) is 9.26 Å². The van der Waals surface area contributed by atoms with E-state index in [1.54, 1.807) is 26.2 Å². The number of ketones is 1. The van der Waals surface area contributed by atoms with Crippen LogP contribution in [-0.2, 0) is 0 Å². The lowest BCUT2D eigenvalue weighted by atomic mass is 9.88. The molecule has 2 heterocycles. The number of carbonyl (C=O) groups excluding carboxylic acids is 1. The molecule has 3 aromatic rings. The summed E-state index contributed by atoms with van der Waals surface area (Å²) in [6, 6.07) is 12.0. The first-order chi connectivity index (χ1) is 15.0. The highest BCUT2D eigenvalue weighted by atomic mass is 19.1. The molecule has 1 unspecified atom stereocenters. The van der Waals surface area contributed by atoms with Crippen molar-refractivity contribution in [2.45, 2.75) is 32.7 Å². The SMILES string of the molecule is COc1ccc(C(=O)C2CCN(C(C)c3nc(-c4ccc(F)c(C)c4)no3)CC2)cc1. The molecule has 1 fully saturated rings. The Bertz CT molecular complexity index is 1060. The van der Waals surface area contributed by atoms with E-state index in [0.717, 1.165) is 42.8 Å². The zero-order chi connectivity index (χ0) is 22.0. The van der Waals surface area contributed by atoms with Crippen molar-refractivity contribution in [3.63, 3.8) is 0 Å². The van der Waals surface area contributed by atoms with Gasteiger partial charge in [0.2, 0.25) is 11.7 Å². The molecule has 0 aliphatic carbocycles. The highest BCUT2D eigenvalue weighted by molar-refractivity contribution is 5.98. The Balaban J connectivity index is 1.38. The molecular formula is C24H26FN3O3. The van der Waals surface area contributed by atoms with E-state index in [1.807, 2.05) is 31.2 Å². The number of rotatable bonds is 6. The fraction of sp³-hybridized carbons (Fsp3) is 0.375. The number of likely N-dealkylation sites (tertiary alicyclic amines) is 1. The number of ether oxygens (including phenoxy) is 1. The standard InChI is InChI=1S/C24H26FN3O3/c1-15-14-19(6-9-21(15)25)23-26-24(31-27-23)16(2)28-12-10-18(11-13-28)22(29)17-4-7-20(30-3)8-5-17/h4-9,14,16,18H,10-13H2,1-3H3. The van der Waals surface area contributed by atoms with Gasteiger partial charge in [0.1, 0.15) is 11.6 Å². The van der Waals surface area contributed by atoms with Crippen molar-refractivity contribution in [3.05, 3.63) is 65.3 Å². The molecule has 4 rings (SSSR count). The van der Waals surface area contributed by atoms with Crippen molar-refractivity contribution < 1.29 is 18.4 Å². The van der Waals surface area contributed by atoms with Crippen LogP contribution in [0.1, 0.15) is 47.6 Å². The lowest BCUT2D eigenvalue weighted by Gasteiger charge is -2.33. The summed E-state index contributed by atoms with van der Waals surface area (Å²) in [5.74, 6) is 1.66. The van der Waals surface area contributed by atoms with E-state index >= 15 is 0 Å². The van der Waals surface area contributed by atoms with Gasteiger partial charge in [-0.05, 0) is 87.8 Å². The van der Waals surface area contributed by atoms with Crippen molar-refractivity contribution in [2.75, 3.05) is 20.2 Å². The van der Waals surface area contributed by atoms with Crippen molar-refractivity contribution in [2.24, 2.45) is 5.92 Å². The molecule has 7 heteroatoms. The quantitative estimate of drug-likeness (QED) is 0.528. The Labute approximate surface area is 181 Å². The number of nitrogens with zero attached hydrogens (tertiary/aromatic N) is 3. The molecule has 0 amide bonds. The molecule has 31 heavy (non-hydrogen) atoms. The average molecular weight is 423 g/mol. The number of aromatic nitrogens is 2. The van der Waals surface area contributed by atoms with Gasteiger partial charge in [0.05, 0.1) is 13.2 Å². The normalized spacial score (nSPS) is 16.3. The predicted molar refractivity (Wildman–Crippen MR) is 114 cm³/mol. The summed E-state index contributed by atoms with van der Waals surface area (Å²) in [4.78, 5) is 19.6. The van der Waals surface area contributed by atoms with Crippen LogP contribution >= 0.6 is 0 Å². The van der Waals surface area contributed by atoms with Gasteiger partial charge < -0.3 is 9.26 Å². The van der Waals surface area contributed by atoms with E-state index in [2.05, 4.69) is 15.0 Å². The van der Waals surface area contributed by atoms with Gasteiger partial charge in [-0.1, -0.05) is 5.16 Å². The number of hydrogen-bond donors (Lipinski definition) is 0. The maximum absolute atomic E-state index is 13.5. The minimum atomic E-state index is -0.257. The van der Waals surface area contributed by atoms with Gasteiger partial charge in [-0.25, -0.2) is 4.39 Å². The van der Waals surface area contributed by atoms with Gasteiger partial charge in [-0.3, -0.25) is 9.69 Å². The van der Waals surface area contributed by atoms with E-state index in [0.29, 0.717) is 17.3 Å². The van der Waals surface area contributed by atoms with Crippen LogP contribution in [0.25, 0.3) is 11.4 Å². The molecule has 162 valence electrons. The second kappa shape index (κ2) is 8.98. The monoisotopic (exact) mass is 423 g/mol. The van der Waals surface area contributed by atoms with Crippen LogP contribution < -0.4 is 4.74 Å². The molecule has 0 radical (unpaired) electrons. The average Bonchev–Trinajstić information content (AvgIpc) is 3.30. The number of aryl methyl sites for hydroxylation is 1. The highest BCUT2D eigenvalue weighted by Gasteiger charge is 2.30. The zero-order valence-corrected chi connectivity index (χ0v) is 18.0. The number of halogens is 1. The first-order valence-electron chi connectivity index (χ1n) is 10.5. The summed E-state index contributed by atoms with van der Waals surface area (Å²) < 4.78 is 24.2. The summed E-state index contributed by atoms with van der Waals surface area (Å²) in [7, 11) is 1.61. The van der Waals surface area contributed by atoms with Crippen LogP contribution in [0.4, 0.5) is 4.39 Å². The molecule has 0 spiro atoms. The Morgan fingerprint density at radius 3 is 2.55 bits per heavy atom. The van der Waals surface area contributed by atoms with Gasteiger partial charge >= 0.3 is 0 Å². The molecule has 1 aromatic heterocycles. The highest BCUT2D eigenvalue weighted by Crippen LogP contribution is 2.29. The molecule has 2 aromatic carbocycles. The second-order valence-corrected chi connectivity index (χ2v) is 8.00. The number of Topliss-reactive ketones (excluding diaryl/α,β-unsaturated/α-hetero) is 1. The molecular weight excluding hydrogens is 397 g/mol. The van der Waals surface area contributed by atoms with E-state index in [9.17, 15) is 9.18 Å². The number of hydrogen-bond acceptors (Lipinski definition) is 6. The Kier molecular flexibility index (Phi) is 6.13. The predicted octanol–water partition coefficient (Wildman–Crippen LogP) is 4.85. The number of carbonyl (C=O) groups is 1. The third kappa shape index (κ3) is 4.51. The van der Waals surface area contributed by atoms with E-state index < -0.39 is 0 Å². The molecule has 6 nitrogen and oxygen atoms in total. The first kappa shape index (κ1) is 21.2. The van der Waals surface area contributed by atoms with Gasteiger partial charge in [-0.2, -0.15) is 4.98 Å². The first-order valence-corrected chi connectivity index (χ1v) is 10.5. The van der Waals surface area contributed by atoms with Crippen LogP contribution in [0, 0.1) is 18.7 Å². The van der Waals surface area contributed by atoms with Crippen LogP contribution in [0.2, 0.25) is 0 Å². The van der Waals surface area contributed by atoms with Crippen LogP contribution in [0.5, 0.6) is 5.75 Å². The number of methoxy groups -OCH3 is 1. The van der Waals surface area contributed by atoms with Gasteiger partial charge in [-0.15, -0.1) is 0 Å². The third-order valence-electron chi connectivity index (χ3n) is 6.04. The molecule has 0 saturated carbocycles. The summed E-state index contributed by atoms with van der Waals surface area (Å²) in [6.45, 7) is 5.29. The Hall–Kier alpha value is -3.06. The Morgan fingerprint density at radius 1 is 1.19 bits per heavy atom. The minimum absolute atomic E-state index is 0.0114. The van der Waals surface area contributed by atoms with Crippen molar-refractivity contribution in [3.8, 4) is 17.1 Å². The van der Waals surface area contributed by atoms with Gasteiger partial charge in [0.25, 0.3) is 0 Å². The van der Waals surface area contributed by atoms with Gasteiger partial charge in [0, 0.05) is 17.0 Å². The van der Waals surface area contributed by atoms with Gasteiger partial charge in [0.15, 0.2) is 5.78 Å². The smallest absolute Gasteiger partial charge is 0.244 e. The third-order valence-corrected chi connectivity index (χ3v) is 6.04. The van der Waals surface area contributed by atoms with E-state index in [1.165, 1.54) is 6.07 Å². The summed E-state index contributed by atoms with van der Waals surface area (Å²) in [6.07, 6.45) is 1.57. The number of benzene rings is 2. The van der Waals surface area contributed by atoms with Crippen LogP contribution in [0.15, 0.2) is 47.0 Å². The van der Waals surface area contributed by atoms with E-state index in [-0.39, 0.29) is 23.6 Å². The fourth-order valence-corrected chi connectivity index (χ4v) is 4.00. The van der Waals surface area contributed by atoms with Crippen molar-refractivity contribution in [1.29, 1.82) is 0 Å². The molecule has 1 saturated heterocycles. The minimum Gasteiger partial charge on any atom is -0.497 e. The summed E-state index contributed by atoms with van der Waals surface area (Å²) >= 11 is 0. The maximum Gasteiger partial charge on any atom is 0.244 e. The Morgan fingerprint density at radius 2 is 1.90 bits per heavy atom. The zero-order valence-electron chi connectivity index (χ0n) is 18.0. The van der Waals surface area contributed by atoms with Crippen LogP contribution in [0.3, 0.4) is 0 Å². The topological polar surface area (TPSA) is 68.5 Å². The maximum atomic E-state index is 13.5. The summed E-state index contributed by atoms with van der Waals surface area (Å²) in [5.41, 5.74) is 1.99. The van der Waals surface area contributed by atoms with Crippen LogP contribution in [-0.4, -0.2) is 41.0 Å². The fourth-order valence-electron chi connectivity index (χ4n) is 4.00. The second-order valence-electron chi connectivity index (χ2n) is 8.00.